The molecule has 0 radical (unpaired) electrons. The Bertz CT molecular complexity index is 882. The largest absolute Gasteiger partial charge is 0.496 e. The van der Waals surface area contributed by atoms with Crippen LogP contribution in [0.2, 0.25) is 0 Å². The van der Waals surface area contributed by atoms with Gasteiger partial charge in [-0.25, -0.2) is 0 Å². The molecular weight excluding hydrogens is 300 g/mol. The number of pyridine rings is 1. The van der Waals surface area contributed by atoms with Gasteiger partial charge in [0.1, 0.15) is 5.75 Å². The highest BCUT2D eigenvalue weighted by Gasteiger charge is 2.03. The number of para-hydroxylation sites is 2. The van der Waals surface area contributed by atoms with Gasteiger partial charge in [-0.3, -0.25) is 9.78 Å². The van der Waals surface area contributed by atoms with E-state index in [-0.39, 0.29) is 5.91 Å². The molecule has 4 heteroatoms. The molecule has 2 aromatic carbocycles. The van der Waals surface area contributed by atoms with E-state index in [1.54, 1.807) is 19.4 Å². The van der Waals surface area contributed by atoms with Crippen LogP contribution in [0.1, 0.15) is 11.1 Å². The molecule has 1 aromatic heterocycles. The lowest BCUT2D eigenvalue weighted by Gasteiger charge is -2.08. The summed E-state index contributed by atoms with van der Waals surface area (Å²) in [5.41, 5.74) is 2.74. The molecular formula is C20H18N2O2. The van der Waals surface area contributed by atoms with Crippen LogP contribution in [0.25, 0.3) is 17.0 Å². The van der Waals surface area contributed by atoms with Gasteiger partial charge in [-0.15, -0.1) is 0 Å². The number of rotatable bonds is 5. The van der Waals surface area contributed by atoms with E-state index in [0.717, 1.165) is 27.8 Å². The van der Waals surface area contributed by atoms with Crippen LogP contribution in [0.4, 0.5) is 0 Å². The lowest BCUT2D eigenvalue weighted by atomic mass is 10.1. The van der Waals surface area contributed by atoms with Gasteiger partial charge in [0.25, 0.3) is 0 Å². The molecule has 120 valence electrons. The smallest absolute Gasteiger partial charge is 0.244 e. The van der Waals surface area contributed by atoms with E-state index in [2.05, 4.69) is 10.3 Å². The van der Waals surface area contributed by atoms with Gasteiger partial charge < -0.3 is 10.1 Å². The molecule has 0 saturated heterocycles. The van der Waals surface area contributed by atoms with Crippen LogP contribution in [0, 0.1) is 0 Å². The number of ether oxygens (including phenoxy) is 1. The SMILES string of the molecule is COc1ccccc1CNC(=O)/C=C/c1cccc2cccnc12. The summed E-state index contributed by atoms with van der Waals surface area (Å²) in [6.45, 7) is 0.418. The van der Waals surface area contributed by atoms with Crippen LogP contribution in [-0.4, -0.2) is 18.0 Å². The van der Waals surface area contributed by atoms with E-state index in [1.807, 2.05) is 54.6 Å². The maximum absolute atomic E-state index is 12.1. The number of benzene rings is 2. The Balaban J connectivity index is 1.69. The third-order valence-corrected chi connectivity index (χ3v) is 3.72. The zero-order valence-corrected chi connectivity index (χ0v) is 13.4. The van der Waals surface area contributed by atoms with Gasteiger partial charge in [0.2, 0.25) is 5.91 Å². The standard InChI is InChI=1S/C20H18N2O2/c1-24-18-10-3-2-6-17(18)14-22-19(23)12-11-16-8-4-7-15-9-5-13-21-20(15)16/h2-13H,14H2,1H3,(H,22,23)/b12-11+. The Hall–Kier alpha value is -3.14. The van der Waals surface area contributed by atoms with Crippen molar-refractivity contribution >= 4 is 22.9 Å². The van der Waals surface area contributed by atoms with Crippen molar-refractivity contribution in [2.24, 2.45) is 0 Å². The van der Waals surface area contributed by atoms with Crippen LogP contribution < -0.4 is 10.1 Å². The number of nitrogens with one attached hydrogen (secondary N) is 1. The van der Waals surface area contributed by atoms with Crippen molar-refractivity contribution in [1.29, 1.82) is 0 Å². The summed E-state index contributed by atoms with van der Waals surface area (Å²) in [6.07, 6.45) is 5.06. The Kier molecular flexibility index (Phi) is 4.87. The predicted octanol–water partition coefficient (Wildman–Crippen LogP) is 3.57. The molecule has 0 bridgehead atoms. The Morgan fingerprint density at radius 3 is 2.83 bits per heavy atom. The average molecular weight is 318 g/mol. The molecule has 3 rings (SSSR count). The van der Waals surface area contributed by atoms with Crippen LogP contribution in [0.3, 0.4) is 0 Å². The first-order chi connectivity index (χ1) is 11.8. The lowest BCUT2D eigenvalue weighted by Crippen LogP contribution is -2.20. The molecule has 0 atom stereocenters. The number of aromatic nitrogens is 1. The van der Waals surface area contributed by atoms with Gasteiger partial charge in [0, 0.05) is 35.3 Å². The van der Waals surface area contributed by atoms with E-state index < -0.39 is 0 Å². The average Bonchev–Trinajstić information content (AvgIpc) is 2.64. The Morgan fingerprint density at radius 2 is 1.96 bits per heavy atom. The van der Waals surface area contributed by atoms with E-state index in [1.165, 1.54) is 6.08 Å². The minimum Gasteiger partial charge on any atom is -0.496 e. The third kappa shape index (κ3) is 3.60. The zero-order chi connectivity index (χ0) is 16.8. The number of carbonyl (C=O) groups is 1. The van der Waals surface area contributed by atoms with Crippen molar-refractivity contribution in [3.63, 3.8) is 0 Å². The summed E-state index contributed by atoms with van der Waals surface area (Å²) in [4.78, 5) is 16.4. The van der Waals surface area contributed by atoms with Crippen molar-refractivity contribution in [3.8, 4) is 5.75 Å². The topological polar surface area (TPSA) is 51.2 Å². The number of fused-ring (bicyclic) bond motifs is 1. The molecule has 0 saturated carbocycles. The predicted molar refractivity (Wildman–Crippen MR) is 95.6 cm³/mol. The first-order valence-corrected chi connectivity index (χ1v) is 7.69. The van der Waals surface area contributed by atoms with E-state index in [0.29, 0.717) is 6.54 Å². The number of hydrogen-bond acceptors (Lipinski definition) is 3. The second kappa shape index (κ2) is 7.42. The van der Waals surface area contributed by atoms with E-state index in [4.69, 9.17) is 4.74 Å². The molecule has 1 heterocycles. The highest BCUT2D eigenvalue weighted by Crippen LogP contribution is 2.18. The van der Waals surface area contributed by atoms with E-state index >= 15 is 0 Å². The number of nitrogens with zero attached hydrogens (tertiary/aromatic N) is 1. The molecule has 24 heavy (non-hydrogen) atoms. The fraction of sp³-hybridized carbons (Fsp3) is 0.100. The molecule has 0 aliphatic carbocycles. The molecule has 0 unspecified atom stereocenters. The zero-order valence-electron chi connectivity index (χ0n) is 13.4. The number of carbonyl (C=O) groups excluding carboxylic acids is 1. The van der Waals surface area contributed by atoms with Crippen molar-refractivity contribution in [2.75, 3.05) is 7.11 Å². The number of amides is 1. The van der Waals surface area contributed by atoms with Crippen LogP contribution in [-0.2, 0) is 11.3 Å². The Morgan fingerprint density at radius 1 is 1.12 bits per heavy atom. The highest BCUT2D eigenvalue weighted by molar-refractivity contribution is 5.95. The molecule has 3 aromatic rings. The third-order valence-electron chi connectivity index (χ3n) is 3.72. The van der Waals surface area contributed by atoms with Gasteiger partial charge >= 0.3 is 0 Å². The monoisotopic (exact) mass is 318 g/mol. The minimum atomic E-state index is -0.158. The molecule has 1 N–H and O–H groups in total. The second-order valence-electron chi connectivity index (χ2n) is 5.29. The molecule has 0 fully saturated rings. The van der Waals surface area contributed by atoms with Crippen molar-refractivity contribution in [2.45, 2.75) is 6.54 Å². The summed E-state index contributed by atoms with van der Waals surface area (Å²) in [6, 6.07) is 17.4. The molecule has 4 nitrogen and oxygen atoms in total. The second-order valence-corrected chi connectivity index (χ2v) is 5.29. The maximum atomic E-state index is 12.1. The fourth-order valence-corrected chi connectivity index (χ4v) is 2.52. The fourth-order valence-electron chi connectivity index (χ4n) is 2.52. The van der Waals surface area contributed by atoms with Crippen LogP contribution >= 0.6 is 0 Å². The van der Waals surface area contributed by atoms with Crippen molar-refractivity contribution in [3.05, 3.63) is 78.0 Å². The first-order valence-electron chi connectivity index (χ1n) is 7.69. The summed E-state index contributed by atoms with van der Waals surface area (Å²) in [5, 5.41) is 3.92. The Labute approximate surface area is 140 Å². The molecule has 0 aliphatic heterocycles. The summed E-state index contributed by atoms with van der Waals surface area (Å²) < 4.78 is 5.28. The van der Waals surface area contributed by atoms with Gasteiger partial charge in [0.05, 0.1) is 12.6 Å². The summed E-state index contributed by atoms with van der Waals surface area (Å²) in [5.74, 6) is 0.605. The van der Waals surface area contributed by atoms with Gasteiger partial charge in [0.15, 0.2) is 0 Å². The molecule has 1 amide bonds. The van der Waals surface area contributed by atoms with Crippen molar-refractivity contribution in [1.82, 2.24) is 10.3 Å². The van der Waals surface area contributed by atoms with Crippen molar-refractivity contribution < 1.29 is 9.53 Å². The summed E-state index contributed by atoms with van der Waals surface area (Å²) in [7, 11) is 1.62. The molecule has 0 aliphatic rings. The molecule has 0 spiro atoms. The van der Waals surface area contributed by atoms with Crippen LogP contribution in [0.5, 0.6) is 5.75 Å². The number of methoxy groups -OCH3 is 1. The quantitative estimate of drug-likeness (QED) is 0.732. The number of hydrogen-bond donors (Lipinski definition) is 1. The minimum absolute atomic E-state index is 0.158. The van der Waals surface area contributed by atoms with E-state index in [9.17, 15) is 4.79 Å². The van der Waals surface area contributed by atoms with Gasteiger partial charge in [-0.2, -0.15) is 0 Å². The summed E-state index contributed by atoms with van der Waals surface area (Å²) >= 11 is 0. The van der Waals surface area contributed by atoms with Crippen LogP contribution in [0.15, 0.2) is 66.9 Å². The van der Waals surface area contributed by atoms with Gasteiger partial charge in [-0.05, 0) is 18.2 Å². The maximum Gasteiger partial charge on any atom is 0.244 e. The highest BCUT2D eigenvalue weighted by atomic mass is 16.5. The normalized spacial score (nSPS) is 10.9. The van der Waals surface area contributed by atoms with Gasteiger partial charge in [-0.1, -0.05) is 42.5 Å². The first kappa shape index (κ1) is 15.7. The lowest BCUT2D eigenvalue weighted by molar-refractivity contribution is -0.116.